The van der Waals surface area contributed by atoms with Crippen LogP contribution < -0.4 is 10.6 Å². The van der Waals surface area contributed by atoms with Gasteiger partial charge in [-0.1, -0.05) is 36.4 Å². The third-order valence-corrected chi connectivity index (χ3v) is 3.12. The van der Waals surface area contributed by atoms with Gasteiger partial charge in [0.25, 0.3) is 5.91 Å². The molecule has 2 N–H and O–H groups in total. The summed E-state index contributed by atoms with van der Waals surface area (Å²) in [5, 5.41) is 0. The Kier molecular flexibility index (Phi) is 3.62. The molecule has 1 atom stereocenters. The maximum absolute atomic E-state index is 12.5. The smallest absolute Gasteiger partial charge is 0.252 e. The Balaban J connectivity index is 2.29. The number of nitrogens with zero attached hydrogens (tertiary/aromatic N) is 2. The minimum Gasteiger partial charge on any atom is -0.314 e. The summed E-state index contributed by atoms with van der Waals surface area (Å²) in [6.45, 7) is 1.71. The number of nitrogens with two attached hydrogens (primary N) is 1. The molecule has 0 aliphatic carbocycles. The fraction of sp³-hybridized carbons (Fsp3) is 0.200. The molecule has 1 amide bonds. The first-order valence-corrected chi connectivity index (χ1v) is 6.07. The van der Waals surface area contributed by atoms with Gasteiger partial charge in [-0.15, -0.1) is 0 Å². The Morgan fingerprint density at radius 2 is 1.79 bits per heavy atom. The molecule has 0 saturated heterocycles. The van der Waals surface area contributed by atoms with E-state index in [4.69, 9.17) is 5.73 Å². The van der Waals surface area contributed by atoms with Gasteiger partial charge in [-0.25, -0.2) is 4.98 Å². The molecule has 0 saturated carbocycles. The average molecular weight is 255 g/mol. The van der Waals surface area contributed by atoms with Crippen LogP contribution in [0.3, 0.4) is 0 Å². The summed E-state index contributed by atoms with van der Waals surface area (Å²) < 4.78 is 0. The van der Waals surface area contributed by atoms with E-state index in [1.807, 2.05) is 36.4 Å². The van der Waals surface area contributed by atoms with E-state index in [2.05, 4.69) is 4.98 Å². The van der Waals surface area contributed by atoms with Crippen LogP contribution in [0.25, 0.3) is 0 Å². The summed E-state index contributed by atoms with van der Waals surface area (Å²) in [5.74, 6) is 0.387. The molecule has 0 spiro atoms. The second kappa shape index (κ2) is 5.20. The molecular weight excluding hydrogens is 238 g/mol. The van der Waals surface area contributed by atoms with E-state index in [1.54, 1.807) is 32.3 Å². The average Bonchev–Trinajstić information content (AvgIpc) is 2.47. The number of hydrogen-bond donors (Lipinski definition) is 1. The predicted molar refractivity (Wildman–Crippen MR) is 75.6 cm³/mol. The zero-order valence-electron chi connectivity index (χ0n) is 11.1. The van der Waals surface area contributed by atoms with Crippen LogP contribution in [0.15, 0.2) is 54.7 Å². The van der Waals surface area contributed by atoms with Crippen LogP contribution in [0.4, 0.5) is 5.82 Å². The van der Waals surface area contributed by atoms with Crippen LogP contribution in [0.2, 0.25) is 0 Å². The molecule has 1 heterocycles. The second-order valence-corrected chi connectivity index (χ2v) is 4.62. The number of anilines is 1. The zero-order chi connectivity index (χ0) is 13.9. The van der Waals surface area contributed by atoms with Crippen molar-refractivity contribution in [3.05, 3.63) is 60.3 Å². The van der Waals surface area contributed by atoms with Crippen molar-refractivity contribution in [3.63, 3.8) is 0 Å². The maximum Gasteiger partial charge on any atom is 0.252 e. The van der Waals surface area contributed by atoms with Gasteiger partial charge in [0, 0.05) is 13.2 Å². The molecule has 0 radical (unpaired) electrons. The fourth-order valence-electron chi connectivity index (χ4n) is 1.91. The third kappa shape index (κ3) is 2.63. The van der Waals surface area contributed by atoms with Crippen LogP contribution in [0.5, 0.6) is 0 Å². The van der Waals surface area contributed by atoms with Gasteiger partial charge in [0.05, 0.1) is 0 Å². The van der Waals surface area contributed by atoms with Gasteiger partial charge in [0.1, 0.15) is 11.4 Å². The highest BCUT2D eigenvalue weighted by molar-refractivity contribution is 5.99. The van der Waals surface area contributed by atoms with Gasteiger partial charge in [-0.05, 0) is 24.6 Å². The van der Waals surface area contributed by atoms with Crippen LogP contribution >= 0.6 is 0 Å². The minimum absolute atomic E-state index is 0.197. The van der Waals surface area contributed by atoms with Gasteiger partial charge >= 0.3 is 0 Å². The Hall–Kier alpha value is -2.20. The minimum atomic E-state index is -1.08. The zero-order valence-corrected chi connectivity index (χ0v) is 11.1. The van der Waals surface area contributed by atoms with Crippen LogP contribution in [-0.4, -0.2) is 17.9 Å². The summed E-state index contributed by atoms with van der Waals surface area (Å²) >= 11 is 0. The summed E-state index contributed by atoms with van der Waals surface area (Å²) in [7, 11) is 1.68. The lowest BCUT2D eigenvalue weighted by molar-refractivity contribution is -0.123. The Morgan fingerprint density at radius 3 is 2.37 bits per heavy atom. The molecule has 2 aromatic rings. The highest BCUT2D eigenvalue weighted by Gasteiger charge is 2.33. The molecule has 0 bridgehead atoms. The van der Waals surface area contributed by atoms with Gasteiger partial charge in [0.15, 0.2) is 0 Å². The number of pyridine rings is 1. The molecule has 0 fully saturated rings. The van der Waals surface area contributed by atoms with E-state index in [-0.39, 0.29) is 5.91 Å². The third-order valence-electron chi connectivity index (χ3n) is 3.12. The molecule has 1 unspecified atom stereocenters. The van der Waals surface area contributed by atoms with Crippen LogP contribution in [-0.2, 0) is 10.3 Å². The van der Waals surface area contributed by atoms with Crippen LogP contribution in [0.1, 0.15) is 12.5 Å². The van der Waals surface area contributed by atoms with Crippen molar-refractivity contribution in [2.45, 2.75) is 12.5 Å². The number of hydrogen-bond acceptors (Lipinski definition) is 3. The molecule has 1 aromatic heterocycles. The van der Waals surface area contributed by atoms with Crippen molar-refractivity contribution < 1.29 is 4.79 Å². The quantitative estimate of drug-likeness (QED) is 0.911. The molecule has 0 aliphatic heterocycles. The standard InChI is InChI=1S/C15H17N3O/c1-15(16,12-8-4-3-5-9-12)14(19)18(2)13-10-6-7-11-17-13/h3-11H,16H2,1-2H3. The van der Waals surface area contributed by atoms with Crippen molar-refractivity contribution in [1.82, 2.24) is 4.98 Å². The number of aromatic nitrogens is 1. The summed E-state index contributed by atoms with van der Waals surface area (Å²) in [6.07, 6.45) is 1.65. The largest absolute Gasteiger partial charge is 0.314 e. The van der Waals surface area contributed by atoms with Crippen molar-refractivity contribution >= 4 is 11.7 Å². The fourth-order valence-corrected chi connectivity index (χ4v) is 1.91. The molecule has 0 aliphatic rings. The maximum atomic E-state index is 12.5. The lowest BCUT2D eigenvalue weighted by Crippen LogP contribution is -2.50. The Bertz CT molecular complexity index is 552. The first-order chi connectivity index (χ1) is 9.03. The SMILES string of the molecule is CN(C(=O)C(C)(N)c1ccccc1)c1ccccn1. The highest BCUT2D eigenvalue weighted by Crippen LogP contribution is 2.22. The highest BCUT2D eigenvalue weighted by atomic mass is 16.2. The normalized spacial score (nSPS) is 13.6. The lowest BCUT2D eigenvalue weighted by Gasteiger charge is -2.29. The lowest BCUT2D eigenvalue weighted by atomic mass is 9.92. The topological polar surface area (TPSA) is 59.2 Å². The van der Waals surface area contributed by atoms with Crippen molar-refractivity contribution in [2.75, 3.05) is 11.9 Å². The molecule has 2 rings (SSSR count). The summed E-state index contributed by atoms with van der Waals surface area (Å²) in [6, 6.07) is 14.8. The second-order valence-electron chi connectivity index (χ2n) is 4.62. The van der Waals surface area contributed by atoms with E-state index in [0.29, 0.717) is 5.82 Å². The Morgan fingerprint density at radius 1 is 1.16 bits per heavy atom. The van der Waals surface area contributed by atoms with Crippen molar-refractivity contribution in [1.29, 1.82) is 0 Å². The van der Waals surface area contributed by atoms with E-state index in [9.17, 15) is 4.79 Å². The molecule has 98 valence electrons. The summed E-state index contributed by atoms with van der Waals surface area (Å²) in [4.78, 5) is 18.2. The van der Waals surface area contributed by atoms with Gasteiger partial charge in [0.2, 0.25) is 0 Å². The van der Waals surface area contributed by atoms with E-state index in [0.717, 1.165) is 5.56 Å². The number of rotatable bonds is 3. The molecular formula is C15H17N3O. The van der Waals surface area contributed by atoms with E-state index in [1.165, 1.54) is 4.90 Å². The number of amides is 1. The molecule has 19 heavy (non-hydrogen) atoms. The first kappa shape index (κ1) is 13.2. The summed E-state index contributed by atoms with van der Waals surface area (Å²) in [5.41, 5.74) is 5.91. The monoisotopic (exact) mass is 255 g/mol. The van der Waals surface area contributed by atoms with Crippen molar-refractivity contribution in [3.8, 4) is 0 Å². The molecule has 4 nitrogen and oxygen atoms in total. The van der Waals surface area contributed by atoms with Gasteiger partial charge < -0.3 is 5.73 Å². The Labute approximate surface area is 112 Å². The van der Waals surface area contributed by atoms with Crippen molar-refractivity contribution in [2.24, 2.45) is 5.73 Å². The van der Waals surface area contributed by atoms with Crippen LogP contribution in [0, 0.1) is 0 Å². The van der Waals surface area contributed by atoms with Gasteiger partial charge in [-0.2, -0.15) is 0 Å². The number of carbonyl (C=O) groups excluding carboxylic acids is 1. The number of carbonyl (C=O) groups is 1. The van der Waals surface area contributed by atoms with Gasteiger partial charge in [-0.3, -0.25) is 9.69 Å². The number of likely N-dealkylation sites (N-methyl/N-ethyl adjacent to an activating group) is 1. The molecule has 4 heteroatoms. The van der Waals surface area contributed by atoms with E-state index >= 15 is 0 Å². The van der Waals surface area contributed by atoms with E-state index < -0.39 is 5.54 Å². The number of benzene rings is 1. The predicted octanol–water partition coefficient (Wildman–Crippen LogP) is 1.92. The molecule has 1 aromatic carbocycles. The first-order valence-electron chi connectivity index (χ1n) is 6.07.